The molecule has 0 amide bonds. The van der Waals surface area contributed by atoms with Crippen molar-refractivity contribution in [3.05, 3.63) is 12.5 Å². The maximum absolute atomic E-state index is 9.97. The molecule has 0 aromatic rings. The maximum Gasteiger partial charge on any atom is 0.247 e. The minimum atomic E-state index is -0.596. The van der Waals surface area contributed by atoms with Crippen LogP contribution in [0.25, 0.3) is 0 Å². The second kappa shape index (κ2) is 2.73. The molecular formula is C7H10O3. The van der Waals surface area contributed by atoms with Gasteiger partial charge in [-0.2, -0.15) is 0 Å². The first-order valence-electron chi connectivity index (χ1n) is 3.21. The zero-order chi connectivity index (χ0) is 7.45. The van der Waals surface area contributed by atoms with Crippen LogP contribution in [0.5, 0.6) is 0 Å². The Morgan fingerprint density at radius 2 is 2.10 bits per heavy atom. The molecule has 3 heteroatoms. The third kappa shape index (κ3) is 1.50. The summed E-state index contributed by atoms with van der Waals surface area (Å²) < 4.78 is 10.2. The first-order chi connectivity index (χ1) is 4.77. The molecule has 0 N–H and O–H groups in total. The van der Waals surface area contributed by atoms with Gasteiger partial charge in [-0.3, -0.25) is 0 Å². The molecule has 0 aromatic heterocycles. The lowest BCUT2D eigenvalue weighted by Crippen LogP contribution is -2.24. The summed E-state index contributed by atoms with van der Waals surface area (Å²) in [6, 6.07) is 0. The lowest BCUT2D eigenvalue weighted by molar-refractivity contribution is -0.135. The summed E-state index contributed by atoms with van der Waals surface area (Å²) in [6.45, 7) is 1.80. The zero-order valence-electron chi connectivity index (χ0n) is 5.87. The van der Waals surface area contributed by atoms with Gasteiger partial charge < -0.3 is 14.3 Å². The molecule has 0 bridgehead atoms. The van der Waals surface area contributed by atoms with E-state index in [1.165, 1.54) is 12.5 Å². The summed E-state index contributed by atoms with van der Waals surface area (Å²) in [5.74, 6) is -0.596. The molecule has 0 atom stereocenters. The van der Waals surface area contributed by atoms with Crippen LogP contribution in [0, 0.1) is 0 Å². The second-order valence-electron chi connectivity index (χ2n) is 2.35. The van der Waals surface area contributed by atoms with Crippen LogP contribution in [0.15, 0.2) is 12.5 Å². The van der Waals surface area contributed by atoms with Gasteiger partial charge in [0.05, 0.1) is 0 Å². The zero-order valence-corrected chi connectivity index (χ0v) is 5.87. The van der Waals surface area contributed by atoms with Crippen molar-refractivity contribution in [2.45, 2.75) is 25.6 Å². The molecule has 0 saturated carbocycles. The molecule has 1 heterocycles. The van der Waals surface area contributed by atoms with Crippen molar-refractivity contribution >= 4 is 6.29 Å². The smallest absolute Gasteiger partial charge is 0.247 e. The number of ether oxygens (including phenoxy) is 2. The van der Waals surface area contributed by atoms with Crippen LogP contribution >= 0.6 is 0 Å². The van der Waals surface area contributed by atoms with E-state index >= 15 is 0 Å². The van der Waals surface area contributed by atoms with Gasteiger partial charge >= 0.3 is 0 Å². The Balaban J connectivity index is 2.31. The highest BCUT2D eigenvalue weighted by atomic mass is 16.7. The van der Waals surface area contributed by atoms with Crippen molar-refractivity contribution in [3.63, 3.8) is 0 Å². The molecule has 0 spiro atoms. The molecule has 1 aliphatic rings. The molecule has 0 saturated heterocycles. The van der Waals surface area contributed by atoms with Gasteiger partial charge in [0.15, 0.2) is 0 Å². The highest BCUT2D eigenvalue weighted by Crippen LogP contribution is 2.23. The summed E-state index contributed by atoms with van der Waals surface area (Å²) >= 11 is 0. The number of rotatable bonds is 3. The first kappa shape index (κ1) is 7.12. The molecule has 1 aliphatic heterocycles. The van der Waals surface area contributed by atoms with Crippen LogP contribution in [0.3, 0.4) is 0 Å². The first-order valence-corrected chi connectivity index (χ1v) is 3.21. The molecule has 0 aromatic carbocycles. The van der Waals surface area contributed by atoms with Crippen LogP contribution in [-0.4, -0.2) is 12.1 Å². The van der Waals surface area contributed by atoms with Crippen LogP contribution in [0.2, 0.25) is 0 Å². The maximum atomic E-state index is 9.97. The molecule has 56 valence electrons. The Labute approximate surface area is 59.6 Å². The molecule has 0 fully saturated rings. The molecule has 0 radical (unpaired) electrons. The third-order valence-corrected chi connectivity index (χ3v) is 1.41. The van der Waals surface area contributed by atoms with Crippen molar-refractivity contribution in [1.82, 2.24) is 0 Å². The Morgan fingerprint density at radius 3 is 2.60 bits per heavy atom. The molecule has 10 heavy (non-hydrogen) atoms. The van der Waals surface area contributed by atoms with E-state index in [9.17, 15) is 4.79 Å². The summed E-state index contributed by atoms with van der Waals surface area (Å²) in [6.07, 6.45) is 4.91. The van der Waals surface area contributed by atoms with Gasteiger partial charge in [0.25, 0.3) is 0 Å². The van der Waals surface area contributed by atoms with Crippen molar-refractivity contribution in [1.29, 1.82) is 0 Å². The van der Waals surface area contributed by atoms with Gasteiger partial charge in [0.2, 0.25) is 5.79 Å². The topological polar surface area (TPSA) is 35.5 Å². The SMILES string of the molecule is CC1(CCC=O)OC=CO1. The molecular weight excluding hydrogens is 132 g/mol. The summed E-state index contributed by atoms with van der Waals surface area (Å²) in [5.41, 5.74) is 0. The number of aldehydes is 1. The van der Waals surface area contributed by atoms with Crippen molar-refractivity contribution in [3.8, 4) is 0 Å². The van der Waals surface area contributed by atoms with Gasteiger partial charge in [0, 0.05) is 19.8 Å². The summed E-state index contributed by atoms with van der Waals surface area (Å²) in [7, 11) is 0. The highest BCUT2D eigenvalue weighted by Gasteiger charge is 2.28. The quantitative estimate of drug-likeness (QED) is 0.555. The monoisotopic (exact) mass is 142 g/mol. The van der Waals surface area contributed by atoms with Gasteiger partial charge in [-0.15, -0.1) is 0 Å². The third-order valence-electron chi connectivity index (χ3n) is 1.41. The molecule has 3 nitrogen and oxygen atoms in total. The Morgan fingerprint density at radius 1 is 1.50 bits per heavy atom. The van der Waals surface area contributed by atoms with Crippen LogP contribution < -0.4 is 0 Å². The van der Waals surface area contributed by atoms with E-state index in [0.29, 0.717) is 12.8 Å². The minimum absolute atomic E-state index is 0.470. The largest absolute Gasteiger partial charge is 0.457 e. The fourth-order valence-corrected chi connectivity index (χ4v) is 0.810. The highest BCUT2D eigenvalue weighted by molar-refractivity contribution is 5.49. The van der Waals surface area contributed by atoms with E-state index in [1.807, 2.05) is 0 Å². The number of hydrogen-bond donors (Lipinski definition) is 0. The fraction of sp³-hybridized carbons (Fsp3) is 0.571. The van der Waals surface area contributed by atoms with Gasteiger partial charge in [-0.05, 0) is 0 Å². The van der Waals surface area contributed by atoms with E-state index in [-0.39, 0.29) is 0 Å². The van der Waals surface area contributed by atoms with E-state index in [0.717, 1.165) is 6.29 Å². The lowest BCUT2D eigenvalue weighted by Gasteiger charge is -2.21. The molecule has 1 rings (SSSR count). The molecule has 0 aliphatic carbocycles. The van der Waals surface area contributed by atoms with Gasteiger partial charge in [-0.1, -0.05) is 0 Å². The van der Waals surface area contributed by atoms with Crippen LogP contribution in [-0.2, 0) is 14.3 Å². The normalized spacial score (nSPS) is 19.7. The average Bonchev–Trinajstić information content (AvgIpc) is 2.33. The van der Waals surface area contributed by atoms with E-state index in [1.54, 1.807) is 6.92 Å². The van der Waals surface area contributed by atoms with Crippen molar-refractivity contribution in [2.24, 2.45) is 0 Å². The number of hydrogen-bond acceptors (Lipinski definition) is 3. The van der Waals surface area contributed by atoms with E-state index in [4.69, 9.17) is 9.47 Å². The molecule has 0 unspecified atom stereocenters. The average molecular weight is 142 g/mol. The Hall–Kier alpha value is -0.990. The Bertz CT molecular complexity index is 143. The van der Waals surface area contributed by atoms with E-state index in [2.05, 4.69) is 0 Å². The number of carbonyl (C=O) groups is 1. The predicted octanol–water partition coefficient (Wildman–Crippen LogP) is 1.20. The minimum Gasteiger partial charge on any atom is -0.457 e. The van der Waals surface area contributed by atoms with Gasteiger partial charge in [0.1, 0.15) is 18.8 Å². The predicted molar refractivity (Wildman–Crippen MR) is 35.0 cm³/mol. The number of carbonyl (C=O) groups excluding carboxylic acids is 1. The summed E-state index contributed by atoms with van der Waals surface area (Å²) in [5, 5.41) is 0. The standard InChI is InChI=1S/C7H10O3/c1-7(3-2-4-8)9-5-6-10-7/h4-6H,2-3H2,1H3. The van der Waals surface area contributed by atoms with Gasteiger partial charge in [-0.25, -0.2) is 0 Å². The van der Waals surface area contributed by atoms with Crippen LogP contribution in [0.4, 0.5) is 0 Å². The van der Waals surface area contributed by atoms with E-state index < -0.39 is 5.79 Å². The Kier molecular flexibility index (Phi) is 1.94. The van der Waals surface area contributed by atoms with Crippen molar-refractivity contribution in [2.75, 3.05) is 0 Å². The van der Waals surface area contributed by atoms with Crippen molar-refractivity contribution < 1.29 is 14.3 Å². The summed E-state index contributed by atoms with van der Waals surface area (Å²) in [4.78, 5) is 9.97. The van der Waals surface area contributed by atoms with Crippen LogP contribution in [0.1, 0.15) is 19.8 Å². The fourth-order valence-electron chi connectivity index (χ4n) is 0.810. The second-order valence-corrected chi connectivity index (χ2v) is 2.35. The lowest BCUT2D eigenvalue weighted by atomic mass is 10.2.